The number of hydrogen-bond donors (Lipinski definition) is 2. The number of aromatic nitrogens is 1. The van der Waals surface area contributed by atoms with Crippen molar-refractivity contribution in [3.8, 4) is 0 Å². The van der Waals surface area contributed by atoms with E-state index in [0.717, 1.165) is 69.3 Å². The minimum absolute atomic E-state index is 0.313. The molecule has 0 saturated heterocycles. The fourth-order valence-corrected chi connectivity index (χ4v) is 6.11. The van der Waals surface area contributed by atoms with Gasteiger partial charge in [-0.2, -0.15) is 0 Å². The SMILES string of the molecule is CCC1(CCCCNCCCc2c[nH]c3ccccc23)CN(C(=O)c2c(F)cccc2F)c2ccc(Cl)cc21. The number of carbonyl (C=O) groups excluding carboxylic acids is 1. The molecule has 3 aromatic carbocycles. The zero-order valence-electron chi connectivity index (χ0n) is 22.2. The van der Waals surface area contributed by atoms with Gasteiger partial charge in [-0.05, 0) is 92.7 Å². The summed E-state index contributed by atoms with van der Waals surface area (Å²) in [7, 11) is 0. The van der Waals surface area contributed by atoms with Crippen molar-refractivity contribution in [3.63, 3.8) is 0 Å². The molecular weight excluding hydrogens is 516 g/mol. The van der Waals surface area contributed by atoms with E-state index in [4.69, 9.17) is 11.6 Å². The number of halogens is 3. The second-order valence-electron chi connectivity index (χ2n) is 10.5. The summed E-state index contributed by atoms with van der Waals surface area (Å²) in [6.45, 7) is 4.35. The molecule has 5 rings (SSSR count). The molecule has 7 heteroatoms. The minimum atomic E-state index is -0.847. The fourth-order valence-electron chi connectivity index (χ4n) is 5.93. The first-order valence-corrected chi connectivity index (χ1v) is 14.1. The predicted octanol–water partition coefficient (Wildman–Crippen LogP) is 7.80. The van der Waals surface area contributed by atoms with E-state index in [2.05, 4.69) is 41.6 Å². The summed E-state index contributed by atoms with van der Waals surface area (Å²) >= 11 is 6.37. The zero-order chi connectivity index (χ0) is 27.4. The molecule has 0 spiro atoms. The molecular formula is C32H34ClF2N3O. The molecule has 1 aliphatic heterocycles. The van der Waals surface area contributed by atoms with E-state index in [0.29, 0.717) is 17.3 Å². The lowest BCUT2D eigenvalue weighted by molar-refractivity contribution is 0.0975. The topological polar surface area (TPSA) is 48.1 Å². The fraction of sp³-hybridized carbons (Fsp3) is 0.344. The predicted molar refractivity (Wildman–Crippen MR) is 155 cm³/mol. The number of carbonyl (C=O) groups is 1. The van der Waals surface area contributed by atoms with E-state index >= 15 is 0 Å². The van der Waals surface area contributed by atoms with Crippen LogP contribution in [0.4, 0.5) is 14.5 Å². The Labute approximate surface area is 233 Å². The molecule has 2 N–H and O–H groups in total. The van der Waals surface area contributed by atoms with Crippen LogP contribution < -0.4 is 10.2 Å². The second kappa shape index (κ2) is 11.9. The van der Waals surface area contributed by atoms with Crippen molar-refractivity contribution in [2.24, 2.45) is 0 Å². The van der Waals surface area contributed by atoms with Crippen LogP contribution in [0.1, 0.15) is 60.5 Å². The molecule has 4 nitrogen and oxygen atoms in total. The molecule has 1 atom stereocenters. The van der Waals surface area contributed by atoms with Crippen LogP contribution in [-0.2, 0) is 11.8 Å². The third-order valence-corrected chi connectivity index (χ3v) is 8.35. The second-order valence-corrected chi connectivity index (χ2v) is 10.9. The molecule has 0 bridgehead atoms. The van der Waals surface area contributed by atoms with Crippen molar-refractivity contribution in [1.29, 1.82) is 0 Å². The Morgan fingerprint density at radius 2 is 1.79 bits per heavy atom. The first-order valence-electron chi connectivity index (χ1n) is 13.7. The standard InChI is InChI=1S/C32H34ClF2N3O/c1-2-32(16-5-6-17-36-18-8-9-22-20-37-28-13-4-3-10-24(22)28)21-38(29-15-14-23(33)19-25(29)32)31(39)30-26(34)11-7-12-27(30)35/h3-4,7,10-15,19-20,36-37H,2,5-6,8-9,16-18,21H2,1H3. The number of aryl methyl sites for hydroxylation is 1. The highest BCUT2D eigenvalue weighted by atomic mass is 35.5. The first kappa shape index (κ1) is 27.4. The Morgan fingerprint density at radius 3 is 2.59 bits per heavy atom. The summed E-state index contributed by atoms with van der Waals surface area (Å²) in [6, 6.07) is 17.3. The van der Waals surface area contributed by atoms with E-state index in [1.807, 2.05) is 12.1 Å². The summed E-state index contributed by atoms with van der Waals surface area (Å²) in [4.78, 5) is 18.2. The first-order chi connectivity index (χ1) is 18.9. The number of nitrogens with one attached hydrogen (secondary N) is 2. The summed E-state index contributed by atoms with van der Waals surface area (Å²) in [5.41, 5.74) is 3.37. The molecule has 2 heterocycles. The molecule has 4 aromatic rings. The van der Waals surface area contributed by atoms with E-state index in [-0.39, 0.29) is 5.41 Å². The Balaban J connectivity index is 1.17. The number of amides is 1. The van der Waals surface area contributed by atoms with Crippen LogP contribution in [0.2, 0.25) is 5.02 Å². The van der Waals surface area contributed by atoms with Crippen molar-refractivity contribution in [1.82, 2.24) is 10.3 Å². The van der Waals surface area contributed by atoms with Gasteiger partial charge in [-0.25, -0.2) is 8.78 Å². The maximum atomic E-state index is 14.5. The van der Waals surface area contributed by atoms with Crippen molar-refractivity contribution < 1.29 is 13.6 Å². The molecule has 1 unspecified atom stereocenters. The Hall–Kier alpha value is -3.22. The Bertz CT molecular complexity index is 1450. The molecule has 0 radical (unpaired) electrons. The van der Waals surface area contributed by atoms with E-state index in [1.165, 1.54) is 27.4 Å². The lowest BCUT2D eigenvalue weighted by Crippen LogP contribution is -2.37. The molecule has 1 aliphatic rings. The maximum absolute atomic E-state index is 14.5. The third-order valence-electron chi connectivity index (χ3n) is 8.11. The molecule has 204 valence electrons. The van der Waals surface area contributed by atoms with Crippen LogP contribution in [-0.4, -0.2) is 30.5 Å². The van der Waals surface area contributed by atoms with Crippen molar-refractivity contribution in [3.05, 3.63) is 100 Å². The zero-order valence-corrected chi connectivity index (χ0v) is 23.0. The summed E-state index contributed by atoms with van der Waals surface area (Å²) in [5, 5.41) is 5.45. The highest BCUT2D eigenvalue weighted by Crippen LogP contribution is 2.47. The monoisotopic (exact) mass is 549 g/mol. The normalized spacial score (nSPS) is 16.7. The number of para-hydroxylation sites is 1. The molecule has 1 amide bonds. The highest BCUT2D eigenvalue weighted by Gasteiger charge is 2.44. The average molecular weight is 550 g/mol. The van der Waals surface area contributed by atoms with Gasteiger partial charge >= 0.3 is 0 Å². The van der Waals surface area contributed by atoms with Crippen molar-refractivity contribution >= 4 is 34.1 Å². The van der Waals surface area contributed by atoms with Crippen LogP contribution in [0, 0.1) is 11.6 Å². The van der Waals surface area contributed by atoms with Gasteiger partial charge in [0.15, 0.2) is 0 Å². The summed E-state index contributed by atoms with van der Waals surface area (Å²) < 4.78 is 29.0. The van der Waals surface area contributed by atoms with Gasteiger partial charge in [-0.3, -0.25) is 4.79 Å². The number of hydrogen-bond acceptors (Lipinski definition) is 2. The number of anilines is 1. The van der Waals surface area contributed by atoms with Crippen LogP contribution >= 0.6 is 11.6 Å². The maximum Gasteiger partial charge on any atom is 0.264 e. The van der Waals surface area contributed by atoms with Crippen molar-refractivity contribution in [2.75, 3.05) is 24.5 Å². The van der Waals surface area contributed by atoms with E-state index in [1.54, 1.807) is 12.1 Å². The smallest absolute Gasteiger partial charge is 0.264 e. The molecule has 1 aromatic heterocycles. The molecule has 0 fully saturated rings. The highest BCUT2D eigenvalue weighted by molar-refractivity contribution is 6.30. The molecule has 0 saturated carbocycles. The number of nitrogens with zero attached hydrogens (tertiary/aromatic N) is 1. The van der Waals surface area contributed by atoms with Gasteiger partial charge in [-0.15, -0.1) is 0 Å². The number of fused-ring (bicyclic) bond motifs is 2. The molecule has 39 heavy (non-hydrogen) atoms. The summed E-state index contributed by atoms with van der Waals surface area (Å²) in [6.07, 6.45) is 7.82. The molecule has 0 aliphatic carbocycles. The average Bonchev–Trinajstić information content (AvgIpc) is 3.49. The largest absolute Gasteiger partial charge is 0.361 e. The van der Waals surface area contributed by atoms with Gasteiger partial charge in [0, 0.05) is 39.8 Å². The van der Waals surface area contributed by atoms with Gasteiger partial charge in [0.1, 0.15) is 17.2 Å². The minimum Gasteiger partial charge on any atom is -0.361 e. The lowest BCUT2D eigenvalue weighted by atomic mass is 9.76. The van der Waals surface area contributed by atoms with Gasteiger partial charge in [0.2, 0.25) is 0 Å². The summed E-state index contributed by atoms with van der Waals surface area (Å²) in [5.74, 6) is -2.35. The Kier molecular flexibility index (Phi) is 8.34. The van der Waals surface area contributed by atoms with Crippen LogP contribution in [0.3, 0.4) is 0 Å². The van der Waals surface area contributed by atoms with Crippen LogP contribution in [0.15, 0.2) is 66.9 Å². The number of aromatic amines is 1. The van der Waals surface area contributed by atoms with Crippen LogP contribution in [0.25, 0.3) is 10.9 Å². The van der Waals surface area contributed by atoms with Crippen molar-refractivity contribution in [2.45, 2.75) is 50.9 Å². The van der Waals surface area contributed by atoms with Crippen LogP contribution in [0.5, 0.6) is 0 Å². The van der Waals surface area contributed by atoms with Gasteiger partial charge < -0.3 is 15.2 Å². The number of unbranched alkanes of at least 4 members (excludes halogenated alkanes) is 1. The number of benzene rings is 3. The van der Waals surface area contributed by atoms with Gasteiger partial charge in [-0.1, -0.05) is 49.2 Å². The van der Waals surface area contributed by atoms with E-state index in [9.17, 15) is 13.6 Å². The lowest BCUT2D eigenvalue weighted by Gasteiger charge is -2.29. The van der Waals surface area contributed by atoms with E-state index < -0.39 is 23.1 Å². The van der Waals surface area contributed by atoms with Gasteiger partial charge in [0.05, 0.1) is 0 Å². The van der Waals surface area contributed by atoms with Gasteiger partial charge in [0.25, 0.3) is 5.91 Å². The Morgan fingerprint density at radius 1 is 1.03 bits per heavy atom. The quantitative estimate of drug-likeness (QED) is 0.187. The number of H-pyrrole nitrogens is 1. The number of rotatable bonds is 11. The third kappa shape index (κ3) is 5.59.